The number of rotatable bonds is 2. The zero-order valence-electron chi connectivity index (χ0n) is 10.9. The molecule has 0 aliphatic carbocycles. The van der Waals surface area contributed by atoms with Gasteiger partial charge in [0.05, 0.1) is 0 Å². The van der Waals surface area contributed by atoms with E-state index in [1.165, 1.54) is 25.1 Å². The third kappa shape index (κ3) is 4.10. The van der Waals surface area contributed by atoms with E-state index < -0.39 is 0 Å². The monoisotopic (exact) mass is 233 g/mol. The second-order valence-corrected chi connectivity index (χ2v) is 5.30. The van der Waals surface area contributed by atoms with Gasteiger partial charge in [0.25, 0.3) is 0 Å². The van der Waals surface area contributed by atoms with Crippen LogP contribution in [0.5, 0.6) is 0 Å². The summed E-state index contributed by atoms with van der Waals surface area (Å²) < 4.78 is 0. The van der Waals surface area contributed by atoms with Crippen LogP contribution in [0.15, 0.2) is 24.5 Å². The van der Waals surface area contributed by atoms with Crippen molar-refractivity contribution in [3.63, 3.8) is 0 Å². The lowest BCUT2D eigenvalue weighted by molar-refractivity contribution is 0.194. The van der Waals surface area contributed by atoms with Gasteiger partial charge in [-0.2, -0.15) is 0 Å². The number of aromatic nitrogens is 1. The van der Waals surface area contributed by atoms with E-state index >= 15 is 0 Å². The molecule has 0 saturated carbocycles. The molecule has 0 bridgehead atoms. The van der Waals surface area contributed by atoms with E-state index in [2.05, 4.69) is 35.1 Å². The molecule has 2 unspecified atom stereocenters. The van der Waals surface area contributed by atoms with Crippen LogP contribution >= 0.6 is 0 Å². The summed E-state index contributed by atoms with van der Waals surface area (Å²) in [6.07, 6.45) is 5.05. The summed E-state index contributed by atoms with van der Waals surface area (Å²) in [5.41, 5.74) is 1.32. The fourth-order valence-electron chi connectivity index (χ4n) is 2.37. The van der Waals surface area contributed by atoms with Crippen molar-refractivity contribution in [2.24, 2.45) is 5.92 Å². The van der Waals surface area contributed by atoms with E-state index in [9.17, 15) is 0 Å². The van der Waals surface area contributed by atoms with Crippen molar-refractivity contribution >= 4 is 0 Å². The molecule has 1 saturated heterocycles. The Morgan fingerprint density at radius 3 is 3.12 bits per heavy atom. The first-order valence-corrected chi connectivity index (χ1v) is 6.58. The highest BCUT2D eigenvalue weighted by atomic mass is 15.1. The summed E-state index contributed by atoms with van der Waals surface area (Å²) in [6, 6.07) is 4.82. The normalized spacial score (nSPS) is 27.4. The largest absolute Gasteiger partial charge is 0.314 e. The molecule has 1 aromatic heterocycles. The molecule has 1 N–H and O–H groups in total. The maximum absolute atomic E-state index is 4.19. The van der Waals surface area contributed by atoms with Gasteiger partial charge in [-0.1, -0.05) is 13.0 Å². The molecule has 94 valence electrons. The molecule has 2 atom stereocenters. The smallest absolute Gasteiger partial charge is 0.0312 e. The van der Waals surface area contributed by atoms with Gasteiger partial charge >= 0.3 is 0 Å². The standard InChI is InChI=1S/C14H23N3/c1-12-8-16-13(2)5-7-17(10-12)11-14-4-3-6-15-9-14/h3-4,6,9,12-13,16H,5,7-8,10-11H2,1-2H3. The maximum atomic E-state index is 4.19. The minimum atomic E-state index is 0.633. The number of hydrogen-bond acceptors (Lipinski definition) is 3. The van der Waals surface area contributed by atoms with Gasteiger partial charge < -0.3 is 5.32 Å². The van der Waals surface area contributed by atoms with Crippen LogP contribution in [0.2, 0.25) is 0 Å². The van der Waals surface area contributed by atoms with Crippen LogP contribution in [0, 0.1) is 5.92 Å². The molecule has 1 aliphatic rings. The van der Waals surface area contributed by atoms with Gasteiger partial charge in [0, 0.05) is 31.5 Å². The van der Waals surface area contributed by atoms with Crippen LogP contribution in [-0.2, 0) is 6.54 Å². The minimum Gasteiger partial charge on any atom is -0.314 e. The third-order valence-corrected chi connectivity index (χ3v) is 3.39. The molecule has 1 aliphatic heterocycles. The average molecular weight is 233 g/mol. The zero-order chi connectivity index (χ0) is 12.1. The molecular formula is C14H23N3. The number of nitrogens with one attached hydrogen (secondary N) is 1. The van der Waals surface area contributed by atoms with Gasteiger partial charge in [0.15, 0.2) is 0 Å². The first kappa shape index (κ1) is 12.5. The molecular weight excluding hydrogens is 210 g/mol. The third-order valence-electron chi connectivity index (χ3n) is 3.39. The molecule has 0 radical (unpaired) electrons. The summed E-state index contributed by atoms with van der Waals surface area (Å²) in [4.78, 5) is 6.74. The fourth-order valence-corrected chi connectivity index (χ4v) is 2.37. The summed E-state index contributed by atoms with van der Waals surface area (Å²) in [6.45, 7) is 9.11. The predicted octanol–water partition coefficient (Wildman–Crippen LogP) is 1.90. The maximum Gasteiger partial charge on any atom is 0.0312 e. The summed E-state index contributed by atoms with van der Waals surface area (Å²) >= 11 is 0. The fraction of sp³-hybridized carbons (Fsp3) is 0.643. The lowest BCUT2D eigenvalue weighted by atomic mass is 10.1. The van der Waals surface area contributed by atoms with Gasteiger partial charge in [-0.3, -0.25) is 9.88 Å². The van der Waals surface area contributed by atoms with Crippen LogP contribution in [0.3, 0.4) is 0 Å². The Morgan fingerprint density at radius 2 is 2.35 bits per heavy atom. The predicted molar refractivity (Wildman–Crippen MR) is 70.8 cm³/mol. The Labute approximate surface area is 104 Å². The number of pyridine rings is 1. The molecule has 0 spiro atoms. The minimum absolute atomic E-state index is 0.633. The quantitative estimate of drug-likeness (QED) is 0.845. The first-order valence-electron chi connectivity index (χ1n) is 6.58. The van der Waals surface area contributed by atoms with Crippen LogP contribution in [-0.4, -0.2) is 35.6 Å². The van der Waals surface area contributed by atoms with Crippen molar-refractivity contribution in [2.45, 2.75) is 32.9 Å². The van der Waals surface area contributed by atoms with Crippen molar-refractivity contribution in [3.05, 3.63) is 30.1 Å². The number of hydrogen-bond donors (Lipinski definition) is 1. The van der Waals surface area contributed by atoms with Gasteiger partial charge in [-0.15, -0.1) is 0 Å². The lowest BCUT2D eigenvalue weighted by Gasteiger charge is -2.31. The highest BCUT2D eigenvalue weighted by Crippen LogP contribution is 2.10. The van der Waals surface area contributed by atoms with Crippen molar-refractivity contribution in [1.82, 2.24) is 15.2 Å². The van der Waals surface area contributed by atoms with Crippen LogP contribution in [0.4, 0.5) is 0 Å². The lowest BCUT2D eigenvalue weighted by Crippen LogP contribution is -2.42. The molecule has 0 amide bonds. The molecule has 2 heterocycles. The van der Waals surface area contributed by atoms with Crippen molar-refractivity contribution < 1.29 is 0 Å². The van der Waals surface area contributed by atoms with Gasteiger partial charge in [0.2, 0.25) is 0 Å². The van der Waals surface area contributed by atoms with Gasteiger partial charge in [0.1, 0.15) is 0 Å². The average Bonchev–Trinajstić information content (AvgIpc) is 2.33. The summed E-state index contributed by atoms with van der Waals surface area (Å²) in [5.74, 6) is 0.717. The second kappa shape index (κ2) is 6.12. The van der Waals surface area contributed by atoms with Gasteiger partial charge in [-0.05, 0) is 44.0 Å². The van der Waals surface area contributed by atoms with E-state index in [0.717, 1.165) is 19.0 Å². The number of nitrogens with zero attached hydrogens (tertiary/aromatic N) is 2. The molecule has 3 heteroatoms. The van der Waals surface area contributed by atoms with E-state index in [0.29, 0.717) is 6.04 Å². The summed E-state index contributed by atoms with van der Waals surface area (Å²) in [7, 11) is 0. The van der Waals surface area contributed by atoms with Crippen molar-refractivity contribution in [1.29, 1.82) is 0 Å². The van der Waals surface area contributed by atoms with E-state index in [-0.39, 0.29) is 0 Å². The first-order chi connectivity index (χ1) is 8.24. The topological polar surface area (TPSA) is 28.2 Å². The van der Waals surface area contributed by atoms with E-state index in [1.54, 1.807) is 0 Å². The van der Waals surface area contributed by atoms with E-state index in [1.807, 2.05) is 18.5 Å². The second-order valence-electron chi connectivity index (χ2n) is 5.30. The summed E-state index contributed by atoms with van der Waals surface area (Å²) in [5, 5.41) is 3.58. The van der Waals surface area contributed by atoms with Crippen LogP contribution in [0.1, 0.15) is 25.8 Å². The Morgan fingerprint density at radius 1 is 1.47 bits per heavy atom. The molecule has 0 aromatic carbocycles. The molecule has 17 heavy (non-hydrogen) atoms. The Bertz CT molecular complexity index is 325. The van der Waals surface area contributed by atoms with Crippen LogP contribution < -0.4 is 5.32 Å². The van der Waals surface area contributed by atoms with E-state index in [4.69, 9.17) is 0 Å². The zero-order valence-corrected chi connectivity index (χ0v) is 10.9. The van der Waals surface area contributed by atoms with Gasteiger partial charge in [-0.25, -0.2) is 0 Å². The molecule has 1 aromatic rings. The Kier molecular flexibility index (Phi) is 4.51. The highest BCUT2D eigenvalue weighted by molar-refractivity contribution is 5.08. The van der Waals surface area contributed by atoms with Crippen molar-refractivity contribution in [2.75, 3.05) is 19.6 Å². The molecule has 1 fully saturated rings. The molecule has 3 nitrogen and oxygen atoms in total. The Hall–Kier alpha value is -0.930. The Balaban J connectivity index is 1.94. The SMILES string of the molecule is CC1CNC(C)CCN(Cc2cccnc2)C1. The van der Waals surface area contributed by atoms with Crippen molar-refractivity contribution in [3.8, 4) is 0 Å². The van der Waals surface area contributed by atoms with Crippen LogP contribution in [0.25, 0.3) is 0 Å². The molecule has 2 rings (SSSR count). The highest BCUT2D eigenvalue weighted by Gasteiger charge is 2.16.